The molecule has 0 aliphatic heterocycles. The third-order valence-corrected chi connectivity index (χ3v) is 5.32. The minimum absolute atomic E-state index is 0.133. The van der Waals surface area contributed by atoms with Gasteiger partial charge in [-0.3, -0.25) is 14.4 Å². The molecule has 0 spiro atoms. The van der Waals surface area contributed by atoms with Crippen LogP contribution in [-0.4, -0.2) is 17.7 Å². The number of Topliss-reactive ketones (excluding diaryl/α,β-unsaturated/α-hetero) is 1. The van der Waals surface area contributed by atoms with Gasteiger partial charge in [-0.2, -0.15) is 0 Å². The van der Waals surface area contributed by atoms with Crippen molar-refractivity contribution in [3.63, 3.8) is 0 Å². The molecule has 1 aliphatic carbocycles. The van der Waals surface area contributed by atoms with E-state index in [1.165, 1.54) is 6.92 Å². The van der Waals surface area contributed by atoms with Crippen molar-refractivity contribution in [3.05, 3.63) is 63.1 Å². The van der Waals surface area contributed by atoms with Gasteiger partial charge in [0.15, 0.2) is 5.78 Å². The zero-order valence-corrected chi connectivity index (χ0v) is 16.2. The van der Waals surface area contributed by atoms with E-state index in [2.05, 4.69) is 5.32 Å². The summed E-state index contributed by atoms with van der Waals surface area (Å²) in [6.45, 7) is 3.04. The molecule has 0 saturated heterocycles. The Balaban J connectivity index is 2.09. The van der Waals surface area contributed by atoms with Crippen LogP contribution in [0, 0.1) is 0 Å². The van der Waals surface area contributed by atoms with Crippen molar-refractivity contribution in [2.75, 3.05) is 5.32 Å². The molecule has 140 valence electrons. The van der Waals surface area contributed by atoms with Crippen LogP contribution in [0.25, 0.3) is 0 Å². The molecule has 1 N–H and O–H groups in total. The van der Waals surface area contributed by atoms with Gasteiger partial charge < -0.3 is 10.1 Å². The Hall–Kier alpha value is -2.37. The van der Waals surface area contributed by atoms with Gasteiger partial charge in [-0.15, -0.1) is 0 Å². The van der Waals surface area contributed by atoms with Crippen molar-refractivity contribution in [1.82, 2.24) is 0 Å². The van der Waals surface area contributed by atoms with Crippen molar-refractivity contribution in [2.24, 2.45) is 0 Å². The first-order valence-corrected chi connectivity index (χ1v) is 9.18. The standard InChI is InChI=1S/C20H17Cl2NO4/c1-3-15(25)27-20-12-7-5-4-6-11(12)19(26)16(20)13-8-9-14(23-10(2)24)18(22)17(13)21/h4-9,16,20H,3H2,1-2H3,(H,23,24). The second-order valence-corrected chi connectivity index (χ2v) is 6.96. The third kappa shape index (κ3) is 3.57. The Morgan fingerprint density at radius 2 is 1.78 bits per heavy atom. The first-order valence-electron chi connectivity index (χ1n) is 8.43. The number of carbonyl (C=O) groups is 3. The molecule has 0 bridgehead atoms. The number of ketones is 1. The highest BCUT2D eigenvalue weighted by Gasteiger charge is 2.44. The number of rotatable bonds is 4. The maximum absolute atomic E-state index is 13.0. The van der Waals surface area contributed by atoms with Gasteiger partial charge in [0, 0.05) is 24.5 Å². The van der Waals surface area contributed by atoms with E-state index in [0.717, 1.165) is 0 Å². The van der Waals surface area contributed by atoms with Gasteiger partial charge in [0.2, 0.25) is 5.91 Å². The molecule has 0 saturated carbocycles. The second kappa shape index (κ2) is 7.71. The van der Waals surface area contributed by atoms with Crippen molar-refractivity contribution in [1.29, 1.82) is 0 Å². The first kappa shape index (κ1) is 19.4. The molecule has 0 heterocycles. The zero-order chi connectivity index (χ0) is 19.7. The minimum atomic E-state index is -0.797. The highest BCUT2D eigenvalue weighted by Crippen LogP contribution is 2.48. The molecule has 7 heteroatoms. The second-order valence-electron chi connectivity index (χ2n) is 6.20. The smallest absolute Gasteiger partial charge is 0.306 e. The summed E-state index contributed by atoms with van der Waals surface area (Å²) in [4.78, 5) is 36.3. The van der Waals surface area contributed by atoms with Gasteiger partial charge >= 0.3 is 5.97 Å². The van der Waals surface area contributed by atoms with Crippen LogP contribution in [0.3, 0.4) is 0 Å². The summed E-state index contributed by atoms with van der Waals surface area (Å²) in [6.07, 6.45) is -0.587. The fourth-order valence-electron chi connectivity index (χ4n) is 3.21. The lowest BCUT2D eigenvalue weighted by atomic mass is 9.92. The third-order valence-electron chi connectivity index (χ3n) is 4.42. The molecule has 0 radical (unpaired) electrons. The molecular weight excluding hydrogens is 389 g/mol. The van der Waals surface area contributed by atoms with Crippen molar-refractivity contribution in [3.8, 4) is 0 Å². The van der Waals surface area contributed by atoms with Crippen LogP contribution in [0.5, 0.6) is 0 Å². The van der Waals surface area contributed by atoms with E-state index >= 15 is 0 Å². The van der Waals surface area contributed by atoms with Crippen LogP contribution in [0.2, 0.25) is 10.0 Å². The summed E-state index contributed by atoms with van der Waals surface area (Å²) in [5.41, 5.74) is 1.94. The summed E-state index contributed by atoms with van der Waals surface area (Å²) in [7, 11) is 0. The maximum Gasteiger partial charge on any atom is 0.306 e. The molecular formula is C20H17Cl2NO4. The van der Waals surface area contributed by atoms with Gasteiger partial charge in [-0.1, -0.05) is 60.5 Å². The number of hydrogen-bond donors (Lipinski definition) is 1. The summed E-state index contributed by atoms with van der Waals surface area (Å²) in [5.74, 6) is -1.69. The quantitative estimate of drug-likeness (QED) is 0.732. The molecule has 1 aliphatic rings. The zero-order valence-electron chi connectivity index (χ0n) is 14.7. The van der Waals surface area contributed by atoms with Crippen molar-refractivity contribution in [2.45, 2.75) is 32.3 Å². The Labute approximate surface area is 166 Å². The van der Waals surface area contributed by atoms with Crippen LogP contribution in [0.15, 0.2) is 36.4 Å². The Kier molecular flexibility index (Phi) is 5.53. The molecule has 0 aromatic heterocycles. The number of esters is 1. The molecule has 3 rings (SSSR count). The summed E-state index contributed by atoms with van der Waals surface area (Å²) < 4.78 is 5.58. The van der Waals surface area contributed by atoms with Crippen molar-refractivity contribution >= 4 is 46.5 Å². The van der Waals surface area contributed by atoms with E-state index in [1.54, 1.807) is 43.3 Å². The van der Waals surface area contributed by atoms with Crippen molar-refractivity contribution < 1.29 is 19.1 Å². The number of anilines is 1. The van der Waals surface area contributed by atoms with E-state index in [0.29, 0.717) is 22.4 Å². The van der Waals surface area contributed by atoms with Crippen LogP contribution in [-0.2, 0) is 14.3 Å². The van der Waals surface area contributed by atoms with Gasteiger partial charge in [0.05, 0.1) is 21.7 Å². The van der Waals surface area contributed by atoms with E-state index in [1.807, 2.05) is 0 Å². The summed E-state index contributed by atoms with van der Waals surface area (Å²) in [5, 5.41) is 2.87. The predicted octanol–water partition coefficient (Wildman–Crippen LogP) is 4.93. The number of ether oxygens (including phenoxy) is 1. The van der Waals surface area contributed by atoms with Crippen LogP contribution < -0.4 is 5.32 Å². The Morgan fingerprint density at radius 1 is 1.07 bits per heavy atom. The number of hydrogen-bond acceptors (Lipinski definition) is 4. The largest absolute Gasteiger partial charge is 0.456 e. The summed E-state index contributed by atoms with van der Waals surface area (Å²) >= 11 is 12.7. The van der Waals surface area contributed by atoms with Gasteiger partial charge in [-0.25, -0.2) is 0 Å². The number of halogens is 2. The molecule has 2 aromatic carbocycles. The minimum Gasteiger partial charge on any atom is -0.456 e. The molecule has 2 atom stereocenters. The van der Waals surface area contributed by atoms with Crippen LogP contribution in [0.4, 0.5) is 5.69 Å². The van der Waals surface area contributed by atoms with E-state index < -0.39 is 18.0 Å². The molecule has 2 unspecified atom stereocenters. The van der Waals surface area contributed by atoms with E-state index in [-0.39, 0.29) is 28.2 Å². The van der Waals surface area contributed by atoms with Crippen LogP contribution >= 0.6 is 23.2 Å². The number of amides is 1. The molecule has 5 nitrogen and oxygen atoms in total. The monoisotopic (exact) mass is 405 g/mol. The lowest BCUT2D eigenvalue weighted by Crippen LogP contribution is -2.18. The molecule has 0 fully saturated rings. The van der Waals surface area contributed by atoms with Crippen LogP contribution in [0.1, 0.15) is 53.8 Å². The number of benzene rings is 2. The average molecular weight is 406 g/mol. The van der Waals surface area contributed by atoms with E-state index in [9.17, 15) is 14.4 Å². The Bertz CT molecular complexity index is 942. The first-order chi connectivity index (χ1) is 12.8. The van der Waals surface area contributed by atoms with Gasteiger partial charge in [0.1, 0.15) is 6.10 Å². The lowest BCUT2D eigenvalue weighted by molar-refractivity contribution is -0.149. The topological polar surface area (TPSA) is 72.5 Å². The highest BCUT2D eigenvalue weighted by molar-refractivity contribution is 6.44. The average Bonchev–Trinajstić information content (AvgIpc) is 2.91. The maximum atomic E-state index is 13.0. The van der Waals surface area contributed by atoms with E-state index in [4.69, 9.17) is 27.9 Å². The SMILES string of the molecule is CCC(=O)OC1c2ccccc2C(=O)C1c1ccc(NC(C)=O)c(Cl)c1Cl. The molecule has 2 aromatic rings. The Morgan fingerprint density at radius 3 is 2.44 bits per heavy atom. The predicted molar refractivity (Wildman–Crippen MR) is 103 cm³/mol. The van der Waals surface area contributed by atoms with Gasteiger partial charge in [-0.05, 0) is 11.6 Å². The highest BCUT2D eigenvalue weighted by atomic mass is 35.5. The number of carbonyl (C=O) groups excluding carboxylic acids is 3. The number of fused-ring (bicyclic) bond motifs is 1. The van der Waals surface area contributed by atoms with Gasteiger partial charge in [0.25, 0.3) is 0 Å². The normalized spacial score (nSPS) is 18.1. The number of nitrogens with one attached hydrogen (secondary N) is 1. The lowest BCUT2D eigenvalue weighted by Gasteiger charge is -2.22. The molecule has 1 amide bonds. The summed E-state index contributed by atoms with van der Waals surface area (Å²) in [6, 6.07) is 10.2. The fraction of sp³-hybridized carbons (Fsp3) is 0.250. The fourth-order valence-corrected chi connectivity index (χ4v) is 3.71. The molecule has 27 heavy (non-hydrogen) atoms.